The number of carbonyl (C=O) groups excluding carboxylic acids is 4. The molecular weight excluding hydrogens is 460 g/mol. The number of para-hydroxylation sites is 1. The summed E-state index contributed by atoms with van der Waals surface area (Å²) in [5.41, 5.74) is 0.700. The summed E-state index contributed by atoms with van der Waals surface area (Å²) in [6.45, 7) is 4.90. The minimum atomic E-state index is -0.973. The van der Waals surface area contributed by atoms with Gasteiger partial charge < -0.3 is 25.3 Å². The molecule has 3 atom stereocenters. The average molecular weight is 489 g/mol. The Balaban J connectivity index is 1.55. The average Bonchev–Trinajstić information content (AvgIpc) is 3.49. The van der Waals surface area contributed by atoms with Crippen molar-refractivity contribution in [2.75, 3.05) is 20.2 Å². The summed E-state index contributed by atoms with van der Waals surface area (Å²) in [5, 5.41) is 6.79. The van der Waals surface area contributed by atoms with Gasteiger partial charge in [0.25, 0.3) is 5.91 Å². The number of carbonyl (C=O) groups is 4. The van der Waals surface area contributed by atoms with E-state index in [1.54, 1.807) is 18.2 Å². The van der Waals surface area contributed by atoms with Crippen molar-refractivity contribution in [2.45, 2.75) is 45.2 Å². The Morgan fingerprint density at radius 2 is 2.09 bits per heavy atom. The van der Waals surface area contributed by atoms with E-state index < -0.39 is 24.0 Å². The zero-order chi connectivity index (χ0) is 24.6. The van der Waals surface area contributed by atoms with E-state index in [1.165, 1.54) is 12.0 Å². The molecule has 2 saturated heterocycles. The Morgan fingerprint density at radius 3 is 2.74 bits per heavy atom. The molecule has 4 rings (SSSR count). The van der Waals surface area contributed by atoms with Crippen LogP contribution in [0.3, 0.4) is 0 Å². The van der Waals surface area contributed by atoms with E-state index in [0.717, 1.165) is 5.39 Å². The van der Waals surface area contributed by atoms with Gasteiger partial charge in [0, 0.05) is 24.4 Å². The Hall–Kier alpha value is -3.07. The van der Waals surface area contributed by atoms with E-state index >= 15 is 0 Å². The van der Waals surface area contributed by atoms with Crippen molar-refractivity contribution in [3.63, 3.8) is 0 Å². The quantitative estimate of drug-likeness (QED) is 0.538. The fourth-order valence-corrected chi connectivity index (χ4v) is 5.11. The number of esters is 1. The number of nitrogens with zero attached hydrogens (tertiary/aromatic N) is 1. The number of benzene rings is 1. The third-order valence-corrected chi connectivity index (χ3v) is 6.92. The van der Waals surface area contributed by atoms with Gasteiger partial charge in [0.05, 0.1) is 17.6 Å². The summed E-state index contributed by atoms with van der Waals surface area (Å²) < 4.78 is 4.87. The molecule has 0 unspecified atom stereocenters. The molecule has 1 aromatic heterocycles. The first-order valence-corrected chi connectivity index (χ1v) is 11.7. The van der Waals surface area contributed by atoms with Crippen molar-refractivity contribution in [1.82, 2.24) is 20.5 Å². The maximum atomic E-state index is 13.5. The summed E-state index contributed by atoms with van der Waals surface area (Å²) in [6, 6.07) is 5.38. The number of ether oxygens (including phenoxy) is 1. The van der Waals surface area contributed by atoms with E-state index in [0.29, 0.717) is 42.2 Å². The summed E-state index contributed by atoms with van der Waals surface area (Å²) in [7, 11) is 1.24. The highest BCUT2D eigenvalue weighted by Gasteiger charge is 2.45. The summed E-state index contributed by atoms with van der Waals surface area (Å²) >= 11 is 6.25. The maximum absolute atomic E-state index is 13.5. The molecule has 2 aliphatic rings. The van der Waals surface area contributed by atoms with Crippen LogP contribution in [0.1, 0.15) is 43.6 Å². The molecule has 2 aromatic rings. The molecule has 34 heavy (non-hydrogen) atoms. The lowest BCUT2D eigenvalue weighted by molar-refractivity contribution is -0.146. The second-order valence-corrected chi connectivity index (χ2v) is 10.2. The van der Waals surface area contributed by atoms with Crippen LogP contribution in [-0.2, 0) is 19.1 Å². The number of hydrogen-bond donors (Lipinski definition) is 3. The fourth-order valence-electron chi connectivity index (χ4n) is 4.88. The van der Waals surface area contributed by atoms with Crippen molar-refractivity contribution in [3.8, 4) is 0 Å². The number of likely N-dealkylation sites (tertiary alicyclic amines) is 1. The van der Waals surface area contributed by atoms with Crippen LogP contribution in [0.5, 0.6) is 0 Å². The molecule has 9 nitrogen and oxygen atoms in total. The lowest BCUT2D eigenvalue weighted by Gasteiger charge is -2.26. The molecule has 10 heteroatoms. The first kappa shape index (κ1) is 24.1. The number of amides is 3. The van der Waals surface area contributed by atoms with Gasteiger partial charge in [-0.05, 0) is 36.8 Å². The third kappa shape index (κ3) is 4.75. The van der Waals surface area contributed by atoms with Gasteiger partial charge in [0.2, 0.25) is 11.8 Å². The number of aromatic nitrogens is 1. The predicted octanol–water partition coefficient (Wildman–Crippen LogP) is 2.25. The Labute approximate surface area is 202 Å². The van der Waals surface area contributed by atoms with E-state index in [9.17, 15) is 19.2 Å². The van der Waals surface area contributed by atoms with Crippen molar-refractivity contribution in [1.29, 1.82) is 0 Å². The number of nitrogens with one attached hydrogen (secondary N) is 3. The van der Waals surface area contributed by atoms with Gasteiger partial charge in [0.15, 0.2) is 0 Å². The SMILES string of the molecule is COC(=O)[C@H](C[C@@H]1CCNC1=O)NC(=O)[C@@H]1CC(C)(C)CN1C(=O)c1cc2cccc(Cl)c2[nH]1. The topological polar surface area (TPSA) is 121 Å². The Kier molecular flexibility index (Phi) is 6.58. The second-order valence-electron chi connectivity index (χ2n) is 9.80. The molecule has 0 bridgehead atoms. The van der Waals surface area contributed by atoms with Crippen LogP contribution in [0.15, 0.2) is 24.3 Å². The molecule has 2 fully saturated rings. The summed E-state index contributed by atoms with van der Waals surface area (Å²) in [4.78, 5) is 55.8. The standard InChI is InChI=1S/C24H29ClN4O5/c1-24(2)11-18(21(31)28-17(23(33)34-3)10-14-7-8-26-20(14)30)29(12-24)22(32)16-9-13-5-4-6-15(25)19(13)27-16/h4-6,9,14,17-18,27H,7-8,10-12H2,1-3H3,(H,26,30)(H,28,31)/t14-,17-,18-/m0/s1. The molecule has 0 spiro atoms. The Morgan fingerprint density at radius 1 is 1.32 bits per heavy atom. The minimum Gasteiger partial charge on any atom is -0.467 e. The fraction of sp³-hybridized carbons (Fsp3) is 0.500. The normalized spacial score (nSPS) is 22.5. The Bertz CT molecular complexity index is 1140. The molecule has 1 aromatic carbocycles. The minimum absolute atomic E-state index is 0.139. The first-order valence-electron chi connectivity index (χ1n) is 11.3. The number of H-pyrrole nitrogens is 1. The van der Waals surface area contributed by atoms with Gasteiger partial charge in [-0.1, -0.05) is 37.6 Å². The van der Waals surface area contributed by atoms with E-state index in [2.05, 4.69) is 15.6 Å². The molecule has 0 saturated carbocycles. The predicted molar refractivity (Wildman–Crippen MR) is 126 cm³/mol. The van der Waals surface area contributed by atoms with Crippen LogP contribution in [0.25, 0.3) is 10.9 Å². The third-order valence-electron chi connectivity index (χ3n) is 6.61. The lowest BCUT2D eigenvalue weighted by atomic mass is 9.90. The van der Waals surface area contributed by atoms with Crippen molar-refractivity contribution in [2.24, 2.45) is 11.3 Å². The molecule has 2 aliphatic heterocycles. The highest BCUT2D eigenvalue weighted by atomic mass is 35.5. The highest BCUT2D eigenvalue weighted by molar-refractivity contribution is 6.35. The molecule has 0 radical (unpaired) electrons. The van der Waals surface area contributed by atoms with Crippen LogP contribution in [0.2, 0.25) is 5.02 Å². The summed E-state index contributed by atoms with van der Waals surface area (Å²) in [6.07, 6.45) is 1.17. The van der Waals surface area contributed by atoms with Gasteiger partial charge in [-0.25, -0.2) is 4.79 Å². The second kappa shape index (κ2) is 9.29. The zero-order valence-corrected chi connectivity index (χ0v) is 20.2. The number of aromatic amines is 1. The number of rotatable bonds is 6. The van der Waals surface area contributed by atoms with Gasteiger partial charge >= 0.3 is 5.97 Å². The van der Waals surface area contributed by atoms with Crippen molar-refractivity contribution >= 4 is 46.2 Å². The van der Waals surface area contributed by atoms with Crippen molar-refractivity contribution < 1.29 is 23.9 Å². The van der Waals surface area contributed by atoms with Gasteiger partial charge in [-0.15, -0.1) is 0 Å². The van der Waals surface area contributed by atoms with Gasteiger partial charge in [0.1, 0.15) is 17.8 Å². The number of methoxy groups -OCH3 is 1. The number of fused-ring (bicyclic) bond motifs is 1. The molecule has 3 amide bonds. The van der Waals surface area contributed by atoms with Crippen molar-refractivity contribution in [3.05, 3.63) is 35.0 Å². The monoisotopic (exact) mass is 488 g/mol. The maximum Gasteiger partial charge on any atom is 0.328 e. The smallest absolute Gasteiger partial charge is 0.328 e. The molecule has 3 heterocycles. The first-order chi connectivity index (χ1) is 16.1. The molecule has 0 aliphatic carbocycles. The number of hydrogen-bond acceptors (Lipinski definition) is 5. The molecule has 3 N–H and O–H groups in total. The van der Waals surface area contributed by atoms with Gasteiger partial charge in [-0.3, -0.25) is 14.4 Å². The highest BCUT2D eigenvalue weighted by Crippen LogP contribution is 2.36. The van der Waals surface area contributed by atoms with Crippen LogP contribution in [0, 0.1) is 11.3 Å². The largest absolute Gasteiger partial charge is 0.467 e. The molecular formula is C24H29ClN4O5. The van der Waals surface area contributed by atoms with Crippen LogP contribution in [0.4, 0.5) is 0 Å². The van der Waals surface area contributed by atoms with E-state index in [1.807, 2.05) is 19.9 Å². The van der Waals surface area contributed by atoms with Crippen LogP contribution < -0.4 is 10.6 Å². The molecule has 182 valence electrons. The van der Waals surface area contributed by atoms with E-state index in [4.69, 9.17) is 16.3 Å². The lowest BCUT2D eigenvalue weighted by Crippen LogP contribution is -2.51. The van der Waals surface area contributed by atoms with Crippen LogP contribution in [-0.4, -0.2) is 65.9 Å². The number of halogens is 1. The zero-order valence-electron chi connectivity index (χ0n) is 19.4. The summed E-state index contributed by atoms with van der Waals surface area (Å²) in [5.74, 6) is -1.89. The van der Waals surface area contributed by atoms with Crippen LogP contribution >= 0.6 is 11.6 Å². The van der Waals surface area contributed by atoms with E-state index in [-0.39, 0.29) is 29.6 Å². The van der Waals surface area contributed by atoms with Gasteiger partial charge in [-0.2, -0.15) is 0 Å².